The molecule has 0 aromatic rings. The SMILES string of the molecule is CC(C)(C)OC(=O)N[C@H]1C[C@@H](O)[C@@H]1CC(=O)O. The van der Waals surface area contributed by atoms with Gasteiger partial charge < -0.3 is 20.3 Å². The van der Waals surface area contributed by atoms with Crippen LogP contribution in [0.4, 0.5) is 4.79 Å². The zero-order chi connectivity index (χ0) is 13.2. The molecule has 0 radical (unpaired) electrons. The Morgan fingerprint density at radius 3 is 2.41 bits per heavy atom. The average molecular weight is 245 g/mol. The molecule has 1 rings (SSSR count). The number of rotatable bonds is 3. The lowest BCUT2D eigenvalue weighted by molar-refractivity contribution is -0.142. The van der Waals surface area contributed by atoms with Crippen molar-refractivity contribution in [1.82, 2.24) is 5.32 Å². The lowest BCUT2D eigenvalue weighted by atomic mass is 9.74. The second-order valence-corrected chi connectivity index (χ2v) is 5.32. The van der Waals surface area contributed by atoms with Crippen molar-refractivity contribution in [3.8, 4) is 0 Å². The van der Waals surface area contributed by atoms with Gasteiger partial charge in [-0.1, -0.05) is 0 Å². The summed E-state index contributed by atoms with van der Waals surface area (Å²) in [5.41, 5.74) is -0.589. The third-order valence-corrected chi connectivity index (χ3v) is 2.62. The van der Waals surface area contributed by atoms with Gasteiger partial charge in [-0.2, -0.15) is 0 Å². The average Bonchev–Trinajstić information content (AvgIpc) is 2.10. The van der Waals surface area contributed by atoms with Crippen LogP contribution >= 0.6 is 0 Å². The van der Waals surface area contributed by atoms with E-state index in [1.54, 1.807) is 20.8 Å². The molecule has 1 aliphatic carbocycles. The molecule has 6 heteroatoms. The van der Waals surface area contributed by atoms with E-state index in [0.717, 1.165) is 0 Å². The maximum absolute atomic E-state index is 11.4. The summed E-state index contributed by atoms with van der Waals surface area (Å²) in [5, 5.41) is 20.6. The van der Waals surface area contributed by atoms with Gasteiger partial charge in [-0.3, -0.25) is 4.79 Å². The van der Waals surface area contributed by atoms with E-state index in [-0.39, 0.29) is 12.5 Å². The Hall–Kier alpha value is -1.30. The summed E-state index contributed by atoms with van der Waals surface area (Å²) < 4.78 is 5.05. The zero-order valence-electron chi connectivity index (χ0n) is 10.3. The van der Waals surface area contributed by atoms with E-state index in [1.165, 1.54) is 0 Å². The van der Waals surface area contributed by atoms with Crippen LogP contribution in [0.2, 0.25) is 0 Å². The van der Waals surface area contributed by atoms with E-state index >= 15 is 0 Å². The number of aliphatic carboxylic acids is 1. The Bertz CT molecular complexity index is 309. The number of carboxylic acids is 1. The fourth-order valence-corrected chi connectivity index (χ4v) is 1.79. The zero-order valence-corrected chi connectivity index (χ0v) is 10.3. The van der Waals surface area contributed by atoms with Crippen molar-refractivity contribution in [3.63, 3.8) is 0 Å². The first-order valence-corrected chi connectivity index (χ1v) is 5.58. The Kier molecular flexibility index (Phi) is 3.98. The Balaban J connectivity index is 2.42. The molecule has 0 aromatic heterocycles. The number of ether oxygens (including phenoxy) is 1. The molecule has 0 saturated heterocycles. The normalized spacial score (nSPS) is 28.1. The largest absolute Gasteiger partial charge is 0.481 e. The van der Waals surface area contributed by atoms with Gasteiger partial charge in [0.05, 0.1) is 12.5 Å². The number of nitrogens with one attached hydrogen (secondary N) is 1. The first-order chi connectivity index (χ1) is 7.69. The van der Waals surface area contributed by atoms with E-state index in [2.05, 4.69) is 5.32 Å². The van der Waals surface area contributed by atoms with Crippen LogP contribution < -0.4 is 5.32 Å². The molecule has 6 nitrogen and oxygen atoms in total. The minimum absolute atomic E-state index is 0.151. The number of carbonyl (C=O) groups excluding carboxylic acids is 1. The van der Waals surface area contributed by atoms with Gasteiger partial charge in [-0.25, -0.2) is 4.79 Å². The molecule has 0 spiro atoms. The van der Waals surface area contributed by atoms with E-state index in [1.807, 2.05) is 0 Å². The van der Waals surface area contributed by atoms with Crippen molar-refractivity contribution in [2.24, 2.45) is 5.92 Å². The first-order valence-electron chi connectivity index (χ1n) is 5.58. The van der Waals surface area contributed by atoms with Gasteiger partial charge in [0.1, 0.15) is 5.60 Å². The van der Waals surface area contributed by atoms with E-state index < -0.39 is 29.7 Å². The van der Waals surface area contributed by atoms with Gasteiger partial charge in [0, 0.05) is 12.0 Å². The number of alkyl carbamates (subject to hydrolysis) is 1. The van der Waals surface area contributed by atoms with E-state index in [9.17, 15) is 14.7 Å². The van der Waals surface area contributed by atoms with Gasteiger partial charge in [0.15, 0.2) is 0 Å². The quantitative estimate of drug-likeness (QED) is 0.681. The number of carboxylic acid groups (broad SMARTS) is 1. The van der Waals surface area contributed by atoms with Gasteiger partial charge in [0.25, 0.3) is 0 Å². The Labute approximate surface area is 100.0 Å². The standard InChI is InChI=1S/C11H19NO5/c1-11(2,3)17-10(16)12-7-5-8(13)6(7)4-9(14)15/h6-8,13H,4-5H2,1-3H3,(H,12,16)(H,14,15)/t6-,7+,8-/m1/s1. The molecule has 0 aromatic carbocycles. The molecular formula is C11H19NO5. The fraction of sp³-hybridized carbons (Fsp3) is 0.818. The molecule has 0 bridgehead atoms. The molecule has 0 aliphatic heterocycles. The topological polar surface area (TPSA) is 95.9 Å². The highest BCUT2D eigenvalue weighted by atomic mass is 16.6. The summed E-state index contributed by atoms with van der Waals surface area (Å²) in [5.74, 6) is -1.41. The lowest BCUT2D eigenvalue weighted by Crippen LogP contribution is -2.56. The molecule has 1 amide bonds. The Morgan fingerprint density at radius 1 is 1.41 bits per heavy atom. The summed E-state index contributed by atoms with van der Waals surface area (Å²) in [6.45, 7) is 5.24. The number of aliphatic hydroxyl groups is 1. The molecule has 98 valence electrons. The summed E-state index contributed by atoms with van der Waals surface area (Å²) in [6, 6.07) is -0.323. The van der Waals surface area contributed by atoms with Crippen molar-refractivity contribution < 1.29 is 24.5 Å². The molecule has 3 N–H and O–H groups in total. The van der Waals surface area contributed by atoms with Crippen molar-refractivity contribution in [2.75, 3.05) is 0 Å². The number of hydrogen-bond acceptors (Lipinski definition) is 4. The van der Waals surface area contributed by atoms with Crippen LogP contribution in [-0.2, 0) is 9.53 Å². The monoisotopic (exact) mass is 245 g/mol. The summed E-state index contributed by atoms with van der Waals surface area (Å²) in [7, 11) is 0. The van der Waals surface area contributed by atoms with Crippen LogP contribution in [0, 0.1) is 5.92 Å². The van der Waals surface area contributed by atoms with Gasteiger partial charge in [-0.15, -0.1) is 0 Å². The van der Waals surface area contributed by atoms with Gasteiger partial charge in [0.2, 0.25) is 0 Å². The highest BCUT2D eigenvalue weighted by molar-refractivity contribution is 5.70. The molecule has 1 fully saturated rings. The van der Waals surface area contributed by atoms with Crippen molar-refractivity contribution in [2.45, 2.75) is 51.4 Å². The van der Waals surface area contributed by atoms with Gasteiger partial charge >= 0.3 is 12.1 Å². The second-order valence-electron chi connectivity index (χ2n) is 5.32. The maximum atomic E-state index is 11.4. The van der Waals surface area contributed by atoms with Crippen molar-refractivity contribution in [3.05, 3.63) is 0 Å². The smallest absolute Gasteiger partial charge is 0.407 e. The molecule has 1 saturated carbocycles. The van der Waals surface area contributed by atoms with Crippen molar-refractivity contribution in [1.29, 1.82) is 0 Å². The lowest BCUT2D eigenvalue weighted by Gasteiger charge is -2.41. The van der Waals surface area contributed by atoms with Crippen LogP contribution in [-0.4, -0.2) is 40.0 Å². The van der Waals surface area contributed by atoms with Crippen LogP contribution in [0.1, 0.15) is 33.6 Å². The first kappa shape index (κ1) is 13.8. The molecule has 17 heavy (non-hydrogen) atoms. The molecule has 1 aliphatic rings. The second kappa shape index (κ2) is 4.91. The Morgan fingerprint density at radius 2 is 2.00 bits per heavy atom. The van der Waals surface area contributed by atoms with Crippen LogP contribution in [0.5, 0.6) is 0 Å². The van der Waals surface area contributed by atoms with Crippen LogP contribution in [0.3, 0.4) is 0 Å². The summed E-state index contributed by atoms with van der Waals surface area (Å²) >= 11 is 0. The summed E-state index contributed by atoms with van der Waals surface area (Å²) in [6.07, 6.45) is -1.02. The van der Waals surface area contributed by atoms with E-state index in [0.29, 0.717) is 6.42 Å². The number of amides is 1. The third kappa shape index (κ3) is 4.22. The molecular weight excluding hydrogens is 226 g/mol. The molecule has 0 heterocycles. The van der Waals surface area contributed by atoms with Crippen molar-refractivity contribution >= 4 is 12.1 Å². The fourth-order valence-electron chi connectivity index (χ4n) is 1.79. The highest BCUT2D eigenvalue weighted by Gasteiger charge is 2.42. The maximum Gasteiger partial charge on any atom is 0.407 e. The van der Waals surface area contributed by atoms with Crippen LogP contribution in [0.25, 0.3) is 0 Å². The predicted octanol–water partition coefficient (Wildman–Crippen LogP) is 0.735. The number of carbonyl (C=O) groups is 2. The summed E-state index contributed by atoms with van der Waals surface area (Å²) in [4.78, 5) is 22.0. The molecule has 3 atom stereocenters. The molecule has 0 unspecified atom stereocenters. The minimum Gasteiger partial charge on any atom is -0.481 e. The number of aliphatic hydroxyl groups excluding tert-OH is 1. The van der Waals surface area contributed by atoms with Gasteiger partial charge in [-0.05, 0) is 27.2 Å². The predicted molar refractivity (Wildman–Crippen MR) is 59.5 cm³/mol. The minimum atomic E-state index is -0.982. The van der Waals surface area contributed by atoms with Crippen LogP contribution in [0.15, 0.2) is 0 Å². The third-order valence-electron chi connectivity index (χ3n) is 2.62. The number of hydrogen-bond donors (Lipinski definition) is 3. The highest BCUT2D eigenvalue weighted by Crippen LogP contribution is 2.31. The van der Waals surface area contributed by atoms with E-state index in [4.69, 9.17) is 9.84 Å².